The van der Waals surface area contributed by atoms with Crippen LogP contribution in [0.5, 0.6) is 0 Å². The summed E-state index contributed by atoms with van der Waals surface area (Å²) < 4.78 is 13.9. The standard InChI is InChI=1S/C23H26FN3O2S/c1-5-26-19-10-9-17(24)12-18(19)23(20(26)28)27(14-22(3,4)30-23)21(29)25-13-16-8-6-7-15(2)11-16/h6-12H,5,13-14H2,1-4H3,(H,25,29). The van der Waals surface area contributed by atoms with Crippen LogP contribution in [-0.4, -0.2) is 34.7 Å². The van der Waals surface area contributed by atoms with Crippen molar-refractivity contribution in [3.05, 3.63) is 65.0 Å². The normalized spacial score (nSPS) is 22.0. The smallest absolute Gasteiger partial charge is 0.319 e. The molecule has 2 aromatic rings. The molecule has 3 amide bonds. The molecule has 2 aliphatic rings. The van der Waals surface area contributed by atoms with E-state index in [2.05, 4.69) is 5.32 Å². The van der Waals surface area contributed by atoms with Crippen molar-refractivity contribution in [3.8, 4) is 0 Å². The number of nitrogens with zero attached hydrogens (tertiary/aromatic N) is 2. The van der Waals surface area contributed by atoms with Gasteiger partial charge in [0.2, 0.25) is 0 Å². The zero-order valence-electron chi connectivity index (χ0n) is 17.7. The highest BCUT2D eigenvalue weighted by Gasteiger charge is 2.63. The molecule has 1 atom stereocenters. The molecule has 4 rings (SSSR count). The number of rotatable bonds is 3. The molecule has 2 heterocycles. The summed E-state index contributed by atoms with van der Waals surface area (Å²) in [4.78, 5) is 28.9. The third-order valence-corrected chi connectivity index (χ3v) is 7.17. The van der Waals surface area contributed by atoms with Crippen LogP contribution >= 0.6 is 11.8 Å². The Labute approximate surface area is 180 Å². The van der Waals surface area contributed by atoms with E-state index in [4.69, 9.17) is 0 Å². The number of nitrogens with one attached hydrogen (secondary N) is 1. The zero-order valence-corrected chi connectivity index (χ0v) is 18.5. The maximum Gasteiger partial charge on any atom is 0.319 e. The molecule has 5 nitrogen and oxygen atoms in total. The first-order chi connectivity index (χ1) is 14.2. The molecule has 7 heteroatoms. The molecule has 158 valence electrons. The van der Waals surface area contributed by atoms with E-state index in [1.807, 2.05) is 52.0 Å². The molecule has 1 N–H and O–H groups in total. The summed E-state index contributed by atoms with van der Waals surface area (Å²) >= 11 is 1.42. The summed E-state index contributed by atoms with van der Waals surface area (Å²) in [6.45, 7) is 9.11. The van der Waals surface area contributed by atoms with Crippen molar-refractivity contribution in [1.82, 2.24) is 10.2 Å². The summed E-state index contributed by atoms with van der Waals surface area (Å²) in [6.07, 6.45) is 0. The molecular weight excluding hydrogens is 401 g/mol. The lowest BCUT2D eigenvalue weighted by atomic mass is 10.0. The van der Waals surface area contributed by atoms with E-state index >= 15 is 0 Å². The average molecular weight is 428 g/mol. The SMILES string of the molecule is CCN1C(=O)C2(SC(C)(C)CN2C(=O)NCc2cccc(C)c2)c2cc(F)ccc21. The molecule has 1 unspecified atom stereocenters. The fraction of sp³-hybridized carbons (Fsp3) is 0.391. The summed E-state index contributed by atoms with van der Waals surface area (Å²) in [5.74, 6) is -0.601. The predicted octanol–water partition coefficient (Wildman–Crippen LogP) is 4.39. The van der Waals surface area contributed by atoms with Gasteiger partial charge in [0.1, 0.15) is 5.82 Å². The second-order valence-corrected chi connectivity index (χ2v) is 10.4. The van der Waals surface area contributed by atoms with Crippen molar-refractivity contribution in [2.45, 2.75) is 43.9 Å². The number of benzene rings is 2. The highest BCUT2D eigenvalue weighted by atomic mass is 32.2. The van der Waals surface area contributed by atoms with Gasteiger partial charge in [0.25, 0.3) is 5.91 Å². The molecule has 1 spiro atoms. The second kappa shape index (κ2) is 7.30. The van der Waals surface area contributed by atoms with Crippen LogP contribution in [0.2, 0.25) is 0 Å². The maximum absolute atomic E-state index is 14.2. The molecule has 0 bridgehead atoms. The molecule has 1 fully saturated rings. The predicted molar refractivity (Wildman–Crippen MR) is 118 cm³/mol. The second-order valence-electron chi connectivity index (χ2n) is 8.45. The minimum absolute atomic E-state index is 0.188. The molecule has 30 heavy (non-hydrogen) atoms. The molecule has 0 aliphatic carbocycles. The quantitative estimate of drug-likeness (QED) is 0.790. The van der Waals surface area contributed by atoms with Gasteiger partial charge in [-0.05, 0) is 51.5 Å². The third-order valence-electron chi connectivity index (χ3n) is 5.58. The number of hydrogen-bond donors (Lipinski definition) is 1. The monoisotopic (exact) mass is 427 g/mol. The number of anilines is 1. The Morgan fingerprint density at radius 3 is 2.70 bits per heavy atom. The number of carbonyl (C=O) groups is 2. The minimum atomic E-state index is -1.26. The van der Waals surface area contributed by atoms with Gasteiger partial charge in [0.05, 0.1) is 5.69 Å². The van der Waals surface area contributed by atoms with E-state index in [-0.39, 0.29) is 16.7 Å². The fourth-order valence-electron chi connectivity index (χ4n) is 4.39. The van der Waals surface area contributed by atoms with Crippen molar-refractivity contribution in [2.75, 3.05) is 18.0 Å². The minimum Gasteiger partial charge on any atom is -0.334 e. The molecular formula is C23H26FN3O2S. The lowest BCUT2D eigenvalue weighted by Gasteiger charge is -2.33. The summed E-state index contributed by atoms with van der Waals surface area (Å²) in [6, 6.07) is 12.0. The molecule has 1 saturated heterocycles. The number of aryl methyl sites for hydroxylation is 1. The van der Waals surface area contributed by atoms with Crippen LogP contribution in [-0.2, 0) is 16.2 Å². The van der Waals surface area contributed by atoms with Crippen LogP contribution in [0.1, 0.15) is 37.5 Å². The van der Waals surface area contributed by atoms with Crippen molar-refractivity contribution in [1.29, 1.82) is 0 Å². The van der Waals surface area contributed by atoms with E-state index in [0.717, 1.165) is 11.1 Å². The van der Waals surface area contributed by atoms with Crippen LogP contribution in [0.15, 0.2) is 42.5 Å². The van der Waals surface area contributed by atoms with Crippen molar-refractivity contribution in [3.63, 3.8) is 0 Å². The van der Waals surface area contributed by atoms with Crippen LogP contribution in [0.25, 0.3) is 0 Å². The van der Waals surface area contributed by atoms with Gasteiger partial charge in [0, 0.05) is 29.9 Å². The van der Waals surface area contributed by atoms with Gasteiger partial charge in [-0.3, -0.25) is 9.69 Å². The van der Waals surface area contributed by atoms with Gasteiger partial charge in [-0.1, -0.05) is 29.8 Å². The summed E-state index contributed by atoms with van der Waals surface area (Å²) in [5.41, 5.74) is 3.33. The Kier molecular flexibility index (Phi) is 5.04. The zero-order chi connectivity index (χ0) is 21.7. The van der Waals surface area contributed by atoms with E-state index in [0.29, 0.717) is 30.9 Å². The lowest BCUT2D eigenvalue weighted by molar-refractivity contribution is -0.123. The number of fused-ring (bicyclic) bond motifs is 2. The average Bonchev–Trinajstić information content (AvgIpc) is 3.11. The Morgan fingerprint density at radius 2 is 2.00 bits per heavy atom. The Balaban J connectivity index is 1.72. The number of halogens is 1. The third kappa shape index (κ3) is 3.25. The topological polar surface area (TPSA) is 52.7 Å². The van der Waals surface area contributed by atoms with Gasteiger partial charge in [-0.25, -0.2) is 9.18 Å². The van der Waals surface area contributed by atoms with E-state index in [1.54, 1.807) is 15.9 Å². The molecule has 0 saturated carbocycles. The van der Waals surface area contributed by atoms with Crippen molar-refractivity contribution >= 4 is 29.4 Å². The van der Waals surface area contributed by atoms with Crippen molar-refractivity contribution < 1.29 is 14.0 Å². The number of urea groups is 1. The number of amides is 3. The fourth-order valence-corrected chi connectivity index (χ4v) is 6.11. The first kappa shape index (κ1) is 20.7. The number of thioether (sulfide) groups is 1. The highest BCUT2D eigenvalue weighted by molar-refractivity contribution is 8.02. The van der Waals surface area contributed by atoms with E-state index in [9.17, 15) is 14.0 Å². The van der Waals surface area contributed by atoms with Crippen molar-refractivity contribution in [2.24, 2.45) is 0 Å². The van der Waals surface area contributed by atoms with Gasteiger partial charge in [0.15, 0.2) is 4.87 Å². The van der Waals surface area contributed by atoms with Gasteiger partial charge < -0.3 is 10.2 Å². The van der Waals surface area contributed by atoms with Crippen LogP contribution in [0, 0.1) is 12.7 Å². The summed E-state index contributed by atoms with van der Waals surface area (Å²) in [7, 11) is 0. The largest absolute Gasteiger partial charge is 0.334 e. The van der Waals surface area contributed by atoms with Gasteiger partial charge in [-0.15, -0.1) is 11.8 Å². The first-order valence-electron chi connectivity index (χ1n) is 10.1. The molecule has 2 aliphatic heterocycles. The summed E-state index contributed by atoms with van der Waals surface area (Å²) in [5, 5.41) is 2.97. The van der Waals surface area contributed by atoms with E-state index in [1.165, 1.54) is 23.9 Å². The van der Waals surface area contributed by atoms with Crippen LogP contribution < -0.4 is 10.2 Å². The molecule has 0 radical (unpaired) electrons. The Hall–Kier alpha value is -2.54. The first-order valence-corrected chi connectivity index (χ1v) is 10.9. The van der Waals surface area contributed by atoms with Crippen LogP contribution in [0.3, 0.4) is 0 Å². The number of carbonyl (C=O) groups excluding carboxylic acids is 2. The Morgan fingerprint density at radius 1 is 1.23 bits per heavy atom. The Bertz CT molecular complexity index is 1030. The van der Waals surface area contributed by atoms with E-state index < -0.39 is 10.7 Å². The number of likely N-dealkylation sites (N-methyl/N-ethyl adjacent to an activating group) is 1. The highest BCUT2D eigenvalue weighted by Crippen LogP contribution is 2.59. The van der Waals surface area contributed by atoms with Crippen LogP contribution in [0.4, 0.5) is 14.9 Å². The molecule has 0 aromatic heterocycles. The maximum atomic E-state index is 14.2. The lowest BCUT2D eigenvalue weighted by Crippen LogP contribution is -2.53. The molecule has 2 aromatic carbocycles. The van der Waals surface area contributed by atoms with Gasteiger partial charge in [-0.2, -0.15) is 0 Å². The van der Waals surface area contributed by atoms with Gasteiger partial charge >= 0.3 is 6.03 Å². The number of hydrogen-bond acceptors (Lipinski definition) is 3.